The van der Waals surface area contributed by atoms with Gasteiger partial charge in [-0.1, -0.05) is 24.3 Å². The number of likely N-dealkylation sites (tertiary alicyclic amines) is 1. The molecule has 0 bridgehead atoms. The van der Waals surface area contributed by atoms with Crippen molar-refractivity contribution < 1.29 is 19.3 Å². The fourth-order valence-electron chi connectivity index (χ4n) is 5.32. The Morgan fingerprint density at radius 1 is 1.17 bits per heavy atom. The van der Waals surface area contributed by atoms with Crippen molar-refractivity contribution in [1.82, 2.24) is 15.1 Å². The number of quaternary nitrogens is 1. The third kappa shape index (κ3) is 4.50. The van der Waals surface area contributed by atoms with Crippen LogP contribution in [0.3, 0.4) is 0 Å². The SMILES string of the molecule is COc1cccc(CN2C(=O)N(c3ccc(-c4cn[nH]c4)cc3)CC23CC[N+]([O-])(CCO)CC3)c1. The van der Waals surface area contributed by atoms with E-state index in [1.165, 1.54) is 0 Å². The summed E-state index contributed by atoms with van der Waals surface area (Å²) in [5.74, 6) is 0.747. The fourth-order valence-corrected chi connectivity index (χ4v) is 5.32. The molecule has 2 fully saturated rings. The van der Waals surface area contributed by atoms with E-state index in [-0.39, 0.29) is 19.2 Å². The second-order valence-electron chi connectivity index (χ2n) is 9.52. The number of carbonyl (C=O) groups excluding carboxylic acids is 1. The summed E-state index contributed by atoms with van der Waals surface area (Å²) < 4.78 is 4.98. The van der Waals surface area contributed by atoms with Gasteiger partial charge in [-0.05, 0) is 35.4 Å². The van der Waals surface area contributed by atoms with Crippen LogP contribution in [0.2, 0.25) is 0 Å². The lowest BCUT2D eigenvalue weighted by Crippen LogP contribution is -2.60. The monoisotopic (exact) mass is 477 g/mol. The van der Waals surface area contributed by atoms with Gasteiger partial charge in [0.25, 0.3) is 0 Å². The number of amides is 2. The van der Waals surface area contributed by atoms with E-state index in [9.17, 15) is 15.1 Å². The normalized spacial score (nSPS) is 24.4. The van der Waals surface area contributed by atoms with Crippen LogP contribution in [0.25, 0.3) is 11.1 Å². The molecule has 0 aliphatic carbocycles. The number of carbonyl (C=O) groups is 1. The van der Waals surface area contributed by atoms with Gasteiger partial charge in [0, 0.05) is 36.8 Å². The molecule has 2 amide bonds. The van der Waals surface area contributed by atoms with E-state index in [4.69, 9.17) is 4.74 Å². The minimum atomic E-state index is -0.439. The first-order chi connectivity index (χ1) is 17.0. The maximum atomic E-state index is 13.8. The van der Waals surface area contributed by atoms with E-state index in [0.717, 1.165) is 28.1 Å². The van der Waals surface area contributed by atoms with Crippen molar-refractivity contribution in [3.8, 4) is 16.9 Å². The molecule has 9 nitrogen and oxygen atoms in total. The van der Waals surface area contributed by atoms with Crippen molar-refractivity contribution in [3.05, 3.63) is 71.7 Å². The second-order valence-corrected chi connectivity index (χ2v) is 9.52. The molecule has 9 heteroatoms. The molecule has 3 heterocycles. The molecule has 35 heavy (non-hydrogen) atoms. The molecule has 2 saturated heterocycles. The van der Waals surface area contributed by atoms with E-state index in [2.05, 4.69) is 10.2 Å². The number of ether oxygens (including phenoxy) is 1. The maximum Gasteiger partial charge on any atom is 0.325 e. The number of nitrogens with zero attached hydrogens (tertiary/aromatic N) is 4. The predicted molar refractivity (Wildman–Crippen MR) is 133 cm³/mol. The molecule has 0 unspecified atom stereocenters. The number of aliphatic hydroxyl groups excluding tert-OH is 1. The number of hydrogen-bond acceptors (Lipinski definition) is 5. The van der Waals surface area contributed by atoms with Gasteiger partial charge in [-0.3, -0.25) is 10.00 Å². The van der Waals surface area contributed by atoms with Crippen LogP contribution < -0.4 is 9.64 Å². The smallest absolute Gasteiger partial charge is 0.325 e. The Morgan fingerprint density at radius 3 is 2.60 bits per heavy atom. The Morgan fingerprint density at radius 2 is 1.94 bits per heavy atom. The number of hydrogen-bond donors (Lipinski definition) is 2. The highest BCUT2D eigenvalue weighted by Crippen LogP contribution is 2.41. The number of hydroxylamine groups is 3. The van der Waals surface area contributed by atoms with Crippen LogP contribution >= 0.6 is 0 Å². The predicted octanol–water partition coefficient (Wildman–Crippen LogP) is 3.37. The summed E-state index contributed by atoms with van der Waals surface area (Å²) in [6, 6.07) is 15.6. The molecule has 3 aromatic rings. The van der Waals surface area contributed by atoms with Gasteiger partial charge in [0.1, 0.15) is 12.3 Å². The van der Waals surface area contributed by atoms with Crippen molar-refractivity contribution in [3.63, 3.8) is 0 Å². The summed E-state index contributed by atoms with van der Waals surface area (Å²) in [6.45, 7) is 1.81. The third-order valence-corrected chi connectivity index (χ3v) is 7.45. The van der Waals surface area contributed by atoms with E-state index < -0.39 is 10.2 Å². The fraction of sp³-hybridized carbons (Fsp3) is 0.385. The number of benzene rings is 2. The van der Waals surface area contributed by atoms with Crippen molar-refractivity contribution in [2.45, 2.75) is 24.9 Å². The molecule has 1 aromatic heterocycles. The summed E-state index contributed by atoms with van der Waals surface area (Å²) in [7, 11) is 1.63. The molecule has 2 aromatic carbocycles. The zero-order valence-corrected chi connectivity index (χ0v) is 19.9. The van der Waals surface area contributed by atoms with Crippen LogP contribution in [0.4, 0.5) is 10.5 Å². The number of urea groups is 1. The molecule has 2 aliphatic heterocycles. The Kier molecular flexibility index (Phi) is 6.22. The van der Waals surface area contributed by atoms with Gasteiger partial charge < -0.3 is 24.6 Å². The first kappa shape index (κ1) is 23.3. The zero-order chi connectivity index (χ0) is 24.5. The quantitative estimate of drug-likeness (QED) is 0.401. The summed E-state index contributed by atoms with van der Waals surface area (Å²) in [6.07, 6.45) is 4.79. The minimum absolute atomic E-state index is 0.0584. The Labute approximate surface area is 204 Å². The minimum Gasteiger partial charge on any atom is -0.633 e. The number of aliphatic hydroxyl groups is 1. The van der Waals surface area contributed by atoms with Gasteiger partial charge in [0.15, 0.2) is 0 Å². The standard InChI is InChI=1S/C26H31N5O4/c1-35-24-4-2-3-20(15-24)18-30-25(33)29(19-26(30)9-11-31(34,12-10-26)13-14-32)23-7-5-21(6-8-23)22-16-27-28-17-22/h2-8,15-17,32H,9-14,18-19H2,1H3,(H,27,28). The average Bonchev–Trinajstić information content (AvgIpc) is 3.50. The molecule has 5 rings (SSSR count). The van der Waals surface area contributed by atoms with Crippen molar-refractivity contribution in [2.24, 2.45) is 0 Å². The van der Waals surface area contributed by atoms with Gasteiger partial charge >= 0.3 is 6.03 Å². The largest absolute Gasteiger partial charge is 0.633 e. The molecule has 0 atom stereocenters. The number of aromatic amines is 1. The number of rotatable bonds is 7. The first-order valence-electron chi connectivity index (χ1n) is 11.9. The summed E-state index contributed by atoms with van der Waals surface area (Å²) in [5.41, 5.74) is 3.38. The molecule has 2 N–H and O–H groups in total. The van der Waals surface area contributed by atoms with Gasteiger partial charge in [0.2, 0.25) is 0 Å². The van der Waals surface area contributed by atoms with E-state index >= 15 is 0 Å². The number of aromatic nitrogens is 2. The molecular formula is C26H31N5O4. The Balaban J connectivity index is 1.44. The topological polar surface area (TPSA) is 105 Å². The number of methoxy groups -OCH3 is 1. The van der Waals surface area contributed by atoms with Gasteiger partial charge in [0.05, 0.1) is 45.1 Å². The van der Waals surface area contributed by atoms with Crippen molar-refractivity contribution >= 4 is 11.7 Å². The highest BCUT2D eigenvalue weighted by Gasteiger charge is 2.53. The van der Waals surface area contributed by atoms with E-state index in [1.807, 2.05) is 64.5 Å². The average molecular weight is 478 g/mol. The summed E-state index contributed by atoms with van der Waals surface area (Å²) in [4.78, 5) is 17.6. The van der Waals surface area contributed by atoms with Crippen LogP contribution in [0.5, 0.6) is 5.75 Å². The molecule has 0 saturated carbocycles. The Hall–Kier alpha value is -3.40. The van der Waals surface area contributed by atoms with Crippen LogP contribution in [-0.2, 0) is 6.54 Å². The molecule has 1 spiro atoms. The van der Waals surface area contributed by atoms with Gasteiger partial charge in [-0.2, -0.15) is 5.10 Å². The van der Waals surface area contributed by atoms with Crippen LogP contribution in [0.15, 0.2) is 60.9 Å². The molecule has 184 valence electrons. The highest BCUT2D eigenvalue weighted by molar-refractivity contribution is 5.95. The number of piperidine rings is 1. The molecule has 0 radical (unpaired) electrons. The lowest BCUT2D eigenvalue weighted by Gasteiger charge is -2.51. The van der Waals surface area contributed by atoms with Gasteiger partial charge in [-0.15, -0.1) is 0 Å². The number of anilines is 1. The molecular weight excluding hydrogens is 446 g/mol. The lowest BCUT2D eigenvalue weighted by molar-refractivity contribution is -0.887. The van der Waals surface area contributed by atoms with Gasteiger partial charge in [-0.25, -0.2) is 4.79 Å². The third-order valence-electron chi connectivity index (χ3n) is 7.45. The lowest BCUT2D eigenvalue weighted by atomic mass is 9.86. The number of H-pyrrole nitrogens is 1. The van der Waals surface area contributed by atoms with Crippen LogP contribution in [0, 0.1) is 5.21 Å². The maximum absolute atomic E-state index is 13.8. The summed E-state index contributed by atoms with van der Waals surface area (Å²) in [5, 5.41) is 29.2. The Bertz CT molecular complexity index is 1160. The highest BCUT2D eigenvalue weighted by atomic mass is 16.5. The van der Waals surface area contributed by atoms with E-state index in [1.54, 1.807) is 13.3 Å². The zero-order valence-electron chi connectivity index (χ0n) is 19.9. The van der Waals surface area contributed by atoms with Crippen LogP contribution in [-0.4, -0.2) is 76.3 Å². The first-order valence-corrected chi connectivity index (χ1v) is 11.9. The van der Waals surface area contributed by atoms with Crippen LogP contribution in [0.1, 0.15) is 18.4 Å². The number of nitrogens with one attached hydrogen (secondary N) is 1. The summed E-state index contributed by atoms with van der Waals surface area (Å²) >= 11 is 0. The van der Waals surface area contributed by atoms with Crippen molar-refractivity contribution in [2.75, 3.05) is 44.8 Å². The molecule has 2 aliphatic rings. The second kappa shape index (κ2) is 9.33. The van der Waals surface area contributed by atoms with E-state index in [0.29, 0.717) is 39.0 Å². The van der Waals surface area contributed by atoms with Crippen molar-refractivity contribution in [1.29, 1.82) is 0 Å².